The standard InChI is InChI=1S/C22H41NO3/c1-3-4-5-6-7-8-9-10-11-12-13-14-15-16-17-18-21(24)23(2)20-19-22(25)26/h10-11H,3-9,12-20H2,1-2H3,(H,25,26)/b11-10-. The minimum atomic E-state index is -0.856. The predicted octanol–water partition coefficient (Wildman–Crippen LogP) is 5.96. The molecule has 0 rings (SSSR count). The van der Waals surface area contributed by atoms with Gasteiger partial charge in [0.25, 0.3) is 0 Å². The van der Waals surface area contributed by atoms with Crippen molar-refractivity contribution in [2.24, 2.45) is 0 Å². The number of aliphatic carboxylic acids is 1. The number of allylic oxidation sites excluding steroid dienone is 2. The number of carboxylic acid groups (broad SMARTS) is 1. The van der Waals surface area contributed by atoms with Crippen molar-refractivity contribution in [3.63, 3.8) is 0 Å². The van der Waals surface area contributed by atoms with Crippen molar-refractivity contribution in [2.45, 2.75) is 103 Å². The van der Waals surface area contributed by atoms with Crippen LogP contribution in [0.1, 0.15) is 103 Å². The van der Waals surface area contributed by atoms with Crippen LogP contribution < -0.4 is 0 Å². The van der Waals surface area contributed by atoms with Crippen LogP contribution in [-0.4, -0.2) is 35.5 Å². The number of amides is 1. The highest BCUT2D eigenvalue weighted by atomic mass is 16.4. The molecule has 0 saturated heterocycles. The fourth-order valence-corrected chi connectivity index (χ4v) is 2.93. The molecule has 0 aliphatic carbocycles. The molecule has 26 heavy (non-hydrogen) atoms. The summed E-state index contributed by atoms with van der Waals surface area (Å²) < 4.78 is 0. The molecule has 0 aliphatic heterocycles. The van der Waals surface area contributed by atoms with Gasteiger partial charge in [-0.3, -0.25) is 9.59 Å². The smallest absolute Gasteiger partial charge is 0.305 e. The van der Waals surface area contributed by atoms with Crippen LogP contribution in [0.5, 0.6) is 0 Å². The Morgan fingerprint density at radius 2 is 1.27 bits per heavy atom. The third kappa shape index (κ3) is 17.5. The lowest BCUT2D eigenvalue weighted by atomic mass is 10.1. The maximum absolute atomic E-state index is 11.8. The molecular formula is C22H41NO3. The summed E-state index contributed by atoms with van der Waals surface area (Å²) >= 11 is 0. The average Bonchev–Trinajstić information content (AvgIpc) is 2.62. The van der Waals surface area contributed by atoms with Crippen LogP contribution in [0.15, 0.2) is 12.2 Å². The molecule has 0 aromatic heterocycles. The molecule has 0 unspecified atom stereocenters. The van der Waals surface area contributed by atoms with Gasteiger partial charge in [-0.1, -0.05) is 70.4 Å². The SMILES string of the molecule is CCCCCCCC/C=C\CCCCCCCC(=O)N(C)CCC(=O)O. The molecule has 0 aromatic carbocycles. The molecule has 0 heterocycles. The number of carbonyl (C=O) groups is 2. The Hall–Kier alpha value is -1.32. The zero-order valence-corrected chi connectivity index (χ0v) is 17.2. The van der Waals surface area contributed by atoms with E-state index in [1.54, 1.807) is 7.05 Å². The van der Waals surface area contributed by atoms with E-state index in [-0.39, 0.29) is 12.3 Å². The summed E-state index contributed by atoms with van der Waals surface area (Å²) in [5.41, 5.74) is 0. The van der Waals surface area contributed by atoms with Gasteiger partial charge in [-0.15, -0.1) is 0 Å². The van der Waals surface area contributed by atoms with Crippen LogP contribution in [0.4, 0.5) is 0 Å². The number of unbranched alkanes of at least 4 members (excludes halogenated alkanes) is 11. The van der Waals surface area contributed by atoms with E-state index in [0.29, 0.717) is 13.0 Å². The van der Waals surface area contributed by atoms with Crippen molar-refractivity contribution in [1.82, 2.24) is 4.90 Å². The van der Waals surface area contributed by atoms with Gasteiger partial charge in [-0.2, -0.15) is 0 Å². The molecule has 0 spiro atoms. The lowest BCUT2D eigenvalue weighted by molar-refractivity contribution is -0.138. The first-order valence-corrected chi connectivity index (χ1v) is 10.7. The van der Waals surface area contributed by atoms with Gasteiger partial charge in [-0.05, 0) is 32.1 Å². The first-order chi connectivity index (χ1) is 12.6. The zero-order chi connectivity index (χ0) is 19.5. The molecule has 0 radical (unpaired) electrons. The molecule has 1 amide bonds. The zero-order valence-electron chi connectivity index (χ0n) is 17.2. The highest BCUT2D eigenvalue weighted by molar-refractivity contribution is 5.76. The van der Waals surface area contributed by atoms with Crippen LogP contribution in [0.25, 0.3) is 0 Å². The summed E-state index contributed by atoms with van der Waals surface area (Å²) in [5, 5.41) is 8.62. The summed E-state index contributed by atoms with van der Waals surface area (Å²) in [5.74, 6) is -0.797. The number of hydrogen-bond donors (Lipinski definition) is 1. The van der Waals surface area contributed by atoms with E-state index < -0.39 is 5.97 Å². The largest absolute Gasteiger partial charge is 0.481 e. The first-order valence-electron chi connectivity index (χ1n) is 10.7. The number of carboxylic acids is 1. The van der Waals surface area contributed by atoms with Gasteiger partial charge in [0, 0.05) is 20.0 Å². The molecular weight excluding hydrogens is 326 g/mol. The minimum Gasteiger partial charge on any atom is -0.481 e. The van der Waals surface area contributed by atoms with Crippen LogP contribution >= 0.6 is 0 Å². The molecule has 1 N–H and O–H groups in total. The lowest BCUT2D eigenvalue weighted by Gasteiger charge is -2.15. The minimum absolute atomic E-state index is 0.0224. The van der Waals surface area contributed by atoms with Gasteiger partial charge in [0.1, 0.15) is 0 Å². The topological polar surface area (TPSA) is 57.6 Å². The number of hydrogen-bond acceptors (Lipinski definition) is 2. The van der Waals surface area contributed by atoms with Crippen LogP contribution in [-0.2, 0) is 9.59 Å². The maximum Gasteiger partial charge on any atom is 0.305 e. The third-order valence-corrected chi connectivity index (χ3v) is 4.74. The van der Waals surface area contributed by atoms with Gasteiger partial charge in [0.2, 0.25) is 5.91 Å². The Balaban J connectivity index is 3.33. The van der Waals surface area contributed by atoms with E-state index in [1.165, 1.54) is 75.5 Å². The molecule has 0 fully saturated rings. The van der Waals surface area contributed by atoms with Crippen molar-refractivity contribution in [2.75, 3.05) is 13.6 Å². The monoisotopic (exact) mass is 367 g/mol. The highest BCUT2D eigenvalue weighted by Gasteiger charge is 2.09. The van der Waals surface area contributed by atoms with Gasteiger partial charge < -0.3 is 10.0 Å². The first kappa shape index (κ1) is 24.7. The van der Waals surface area contributed by atoms with E-state index in [2.05, 4.69) is 19.1 Å². The van der Waals surface area contributed by atoms with Gasteiger partial charge in [-0.25, -0.2) is 0 Å². The normalized spacial score (nSPS) is 11.2. The summed E-state index contributed by atoms with van der Waals surface area (Å²) in [6.07, 6.45) is 21.4. The van der Waals surface area contributed by atoms with E-state index >= 15 is 0 Å². The van der Waals surface area contributed by atoms with Gasteiger partial charge >= 0.3 is 5.97 Å². The van der Waals surface area contributed by atoms with E-state index in [1.807, 2.05) is 0 Å². The summed E-state index contributed by atoms with van der Waals surface area (Å²) in [7, 11) is 1.68. The van der Waals surface area contributed by atoms with Crippen molar-refractivity contribution in [3.05, 3.63) is 12.2 Å². The van der Waals surface area contributed by atoms with Crippen molar-refractivity contribution in [1.29, 1.82) is 0 Å². The second-order valence-electron chi connectivity index (χ2n) is 7.29. The van der Waals surface area contributed by atoms with Crippen LogP contribution in [0.3, 0.4) is 0 Å². The third-order valence-electron chi connectivity index (χ3n) is 4.74. The van der Waals surface area contributed by atoms with E-state index in [0.717, 1.165) is 12.8 Å². The van der Waals surface area contributed by atoms with Crippen molar-refractivity contribution >= 4 is 11.9 Å². The predicted molar refractivity (Wildman–Crippen MR) is 109 cm³/mol. The Morgan fingerprint density at radius 3 is 1.81 bits per heavy atom. The van der Waals surface area contributed by atoms with Gasteiger partial charge in [0.05, 0.1) is 6.42 Å². The molecule has 0 aromatic rings. The maximum atomic E-state index is 11.8. The second kappa shape index (κ2) is 18.5. The Bertz CT molecular complexity index is 380. The summed E-state index contributed by atoms with van der Waals surface area (Å²) in [6, 6.07) is 0. The highest BCUT2D eigenvalue weighted by Crippen LogP contribution is 2.10. The number of carbonyl (C=O) groups excluding carboxylic acids is 1. The average molecular weight is 368 g/mol. The van der Waals surface area contributed by atoms with Gasteiger partial charge in [0.15, 0.2) is 0 Å². The van der Waals surface area contributed by atoms with Crippen LogP contribution in [0, 0.1) is 0 Å². The molecule has 152 valence electrons. The fraction of sp³-hybridized carbons (Fsp3) is 0.818. The quantitative estimate of drug-likeness (QED) is 0.240. The molecule has 0 atom stereocenters. The van der Waals surface area contributed by atoms with E-state index in [9.17, 15) is 9.59 Å². The van der Waals surface area contributed by atoms with Crippen LogP contribution in [0.2, 0.25) is 0 Å². The molecule has 0 aliphatic rings. The Morgan fingerprint density at radius 1 is 0.769 bits per heavy atom. The lowest BCUT2D eigenvalue weighted by Crippen LogP contribution is -2.28. The molecule has 0 bridgehead atoms. The van der Waals surface area contributed by atoms with E-state index in [4.69, 9.17) is 5.11 Å². The second-order valence-corrected chi connectivity index (χ2v) is 7.29. The molecule has 0 saturated carbocycles. The molecule has 4 heteroatoms. The Labute approximate surface area is 161 Å². The number of nitrogens with zero attached hydrogens (tertiary/aromatic N) is 1. The summed E-state index contributed by atoms with van der Waals surface area (Å²) in [4.78, 5) is 23.8. The Kier molecular flexibility index (Phi) is 17.5. The summed E-state index contributed by atoms with van der Waals surface area (Å²) in [6.45, 7) is 2.56. The van der Waals surface area contributed by atoms with Crippen molar-refractivity contribution < 1.29 is 14.7 Å². The molecule has 4 nitrogen and oxygen atoms in total. The number of rotatable bonds is 18. The fourth-order valence-electron chi connectivity index (χ4n) is 2.93. The van der Waals surface area contributed by atoms with Crippen molar-refractivity contribution in [3.8, 4) is 0 Å².